The highest BCUT2D eigenvalue weighted by Crippen LogP contribution is 2.17. The van der Waals surface area contributed by atoms with Crippen molar-refractivity contribution in [1.82, 2.24) is 24.0 Å². The number of aryl methyl sites for hydroxylation is 2. The van der Waals surface area contributed by atoms with Gasteiger partial charge in [-0.25, -0.2) is 9.78 Å². The van der Waals surface area contributed by atoms with Gasteiger partial charge in [-0.15, -0.1) is 0 Å². The van der Waals surface area contributed by atoms with Crippen LogP contribution in [0.25, 0.3) is 11.2 Å². The van der Waals surface area contributed by atoms with Crippen molar-refractivity contribution in [3.05, 3.63) is 80.6 Å². The minimum atomic E-state index is -0.428. The fourth-order valence-electron chi connectivity index (χ4n) is 4.43. The molecule has 0 aliphatic heterocycles. The van der Waals surface area contributed by atoms with Crippen molar-refractivity contribution in [2.75, 3.05) is 18.8 Å². The zero-order chi connectivity index (χ0) is 26.4. The summed E-state index contributed by atoms with van der Waals surface area (Å²) < 4.78 is 10.4. The van der Waals surface area contributed by atoms with Crippen molar-refractivity contribution < 1.29 is 9.52 Å². The largest absolute Gasteiger partial charge is 0.469 e. The molecule has 0 aliphatic carbocycles. The Bertz CT molecular complexity index is 1420. The number of aromatic nitrogens is 4. The third-order valence-electron chi connectivity index (χ3n) is 6.52. The molecule has 0 saturated carbocycles. The first-order valence-electron chi connectivity index (χ1n) is 12.9. The SMILES string of the molecule is CCCn1c(=O)c2c(nc(Cc3ccco3)n2CCNCC(O)CC)n(CCc2ccc(N)cc2)c1=O. The number of nitrogens with zero attached hydrogens (tertiary/aromatic N) is 4. The van der Waals surface area contributed by atoms with E-state index in [-0.39, 0.29) is 11.2 Å². The normalized spacial score (nSPS) is 12.4. The smallest absolute Gasteiger partial charge is 0.332 e. The molecule has 4 rings (SSSR count). The van der Waals surface area contributed by atoms with Crippen molar-refractivity contribution in [3.8, 4) is 0 Å². The van der Waals surface area contributed by atoms with Gasteiger partial charge < -0.3 is 25.1 Å². The van der Waals surface area contributed by atoms with E-state index >= 15 is 0 Å². The molecule has 0 saturated heterocycles. The van der Waals surface area contributed by atoms with Gasteiger partial charge in [-0.2, -0.15) is 0 Å². The molecule has 4 N–H and O–H groups in total. The Labute approximate surface area is 215 Å². The van der Waals surface area contributed by atoms with Gasteiger partial charge in [0.15, 0.2) is 11.2 Å². The maximum Gasteiger partial charge on any atom is 0.332 e. The second-order valence-electron chi connectivity index (χ2n) is 9.26. The summed E-state index contributed by atoms with van der Waals surface area (Å²) >= 11 is 0. The predicted octanol–water partition coefficient (Wildman–Crippen LogP) is 2.14. The van der Waals surface area contributed by atoms with E-state index < -0.39 is 6.10 Å². The van der Waals surface area contributed by atoms with E-state index in [9.17, 15) is 14.7 Å². The molecule has 198 valence electrons. The minimum Gasteiger partial charge on any atom is -0.469 e. The number of imidazole rings is 1. The number of rotatable bonds is 13. The molecule has 0 spiro atoms. The highest BCUT2D eigenvalue weighted by atomic mass is 16.3. The van der Waals surface area contributed by atoms with Gasteiger partial charge in [0.1, 0.15) is 11.6 Å². The first-order valence-corrected chi connectivity index (χ1v) is 12.9. The fourth-order valence-corrected chi connectivity index (χ4v) is 4.43. The lowest BCUT2D eigenvalue weighted by Gasteiger charge is -2.14. The summed E-state index contributed by atoms with van der Waals surface area (Å²) in [6.07, 6.45) is 3.47. The maximum atomic E-state index is 13.6. The van der Waals surface area contributed by atoms with Gasteiger partial charge >= 0.3 is 5.69 Å². The average Bonchev–Trinajstić information content (AvgIpc) is 3.53. The molecule has 0 bridgehead atoms. The average molecular weight is 509 g/mol. The van der Waals surface area contributed by atoms with Crippen LogP contribution in [0, 0.1) is 0 Å². The van der Waals surface area contributed by atoms with Crippen LogP contribution in [0.1, 0.15) is 43.8 Å². The standard InChI is InChI=1S/C27H36N6O4/c1-3-13-33-26(35)24-25(32(27(33)36)14-11-19-7-9-20(28)10-8-19)30-23(17-22-6-5-16-37-22)31(24)15-12-29-18-21(34)4-2/h5-10,16,21,29,34H,3-4,11-15,17-18,28H2,1-2H3. The second-order valence-corrected chi connectivity index (χ2v) is 9.26. The Kier molecular flexibility index (Phi) is 8.62. The Morgan fingerprint density at radius 2 is 1.84 bits per heavy atom. The topological polar surface area (TPSA) is 133 Å². The number of furan rings is 1. The summed E-state index contributed by atoms with van der Waals surface area (Å²) in [5.74, 6) is 1.37. The third-order valence-corrected chi connectivity index (χ3v) is 6.52. The zero-order valence-electron chi connectivity index (χ0n) is 21.5. The second kappa shape index (κ2) is 12.1. The molecule has 10 nitrogen and oxygen atoms in total. The molecule has 0 radical (unpaired) electrons. The van der Waals surface area contributed by atoms with Crippen molar-refractivity contribution in [2.45, 2.75) is 65.3 Å². The first kappa shape index (κ1) is 26.4. The van der Waals surface area contributed by atoms with E-state index in [0.717, 1.165) is 11.3 Å². The van der Waals surface area contributed by atoms with Crippen LogP contribution in [0.15, 0.2) is 56.7 Å². The van der Waals surface area contributed by atoms with E-state index in [1.165, 1.54) is 4.57 Å². The van der Waals surface area contributed by atoms with Gasteiger partial charge in [-0.05, 0) is 49.1 Å². The molecular formula is C27H36N6O4. The number of nitrogens with one attached hydrogen (secondary N) is 1. The van der Waals surface area contributed by atoms with Gasteiger partial charge in [0, 0.05) is 38.4 Å². The minimum absolute atomic E-state index is 0.328. The van der Waals surface area contributed by atoms with Crippen LogP contribution in [0.2, 0.25) is 0 Å². The maximum absolute atomic E-state index is 13.6. The number of hydrogen-bond donors (Lipinski definition) is 3. The molecule has 37 heavy (non-hydrogen) atoms. The van der Waals surface area contributed by atoms with E-state index in [4.69, 9.17) is 15.1 Å². The molecule has 0 fully saturated rings. The monoisotopic (exact) mass is 508 g/mol. The van der Waals surface area contributed by atoms with Gasteiger partial charge in [0.05, 0.1) is 18.8 Å². The molecule has 1 unspecified atom stereocenters. The highest BCUT2D eigenvalue weighted by Gasteiger charge is 2.22. The predicted molar refractivity (Wildman–Crippen MR) is 144 cm³/mol. The van der Waals surface area contributed by atoms with Gasteiger partial charge in [0.2, 0.25) is 0 Å². The number of nitrogen functional groups attached to an aromatic ring is 1. The number of aliphatic hydroxyl groups is 1. The van der Waals surface area contributed by atoms with Crippen LogP contribution < -0.4 is 22.3 Å². The quantitative estimate of drug-likeness (QED) is 0.186. The first-order chi connectivity index (χ1) is 17.9. The molecule has 3 heterocycles. The Balaban J connectivity index is 1.78. The number of hydrogen-bond acceptors (Lipinski definition) is 7. The van der Waals surface area contributed by atoms with Crippen molar-refractivity contribution in [2.24, 2.45) is 0 Å². The van der Waals surface area contributed by atoms with Crippen molar-refractivity contribution in [1.29, 1.82) is 0 Å². The molecule has 1 aromatic carbocycles. The Morgan fingerprint density at radius 1 is 1.05 bits per heavy atom. The molecule has 0 amide bonds. The lowest BCUT2D eigenvalue weighted by atomic mass is 10.1. The molecule has 4 aromatic rings. The summed E-state index contributed by atoms with van der Waals surface area (Å²) in [5, 5.41) is 13.1. The Morgan fingerprint density at radius 3 is 2.51 bits per heavy atom. The van der Waals surface area contributed by atoms with Gasteiger partial charge in [-0.3, -0.25) is 13.9 Å². The fraction of sp³-hybridized carbons (Fsp3) is 0.444. The van der Waals surface area contributed by atoms with Crippen molar-refractivity contribution in [3.63, 3.8) is 0 Å². The van der Waals surface area contributed by atoms with Gasteiger partial charge in [-0.1, -0.05) is 26.0 Å². The molecule has 10 heteroatoms. The summed E-state index contributed by atoms with van der Waals surface area (Å²) in [7, 11) is 0. The molecule has 0 aliphatic rings. The van der Waals surface area contributed by atoms with Crippen molar-refractivity contribution >= 4 is 16.9 Å². The van der Waals surface area contributed by atoms with Crippen LogP contribution in [0.4, 0.5) is 5.69 Å². The third kappa shape index (κ3) is 6.03. The van der Waals surface area contributed by atoms with Gasteiger partial charge in [0.25, 0.3) is 5.56 Å². The summed E-state index contributed by atoms with van der Waals surface area (Å²) in [5.41, 5.74) is 7.64. The lowest BCUT2D eigenvalue weighted by Crippen LogP contribution is -2.41. The van der Waals surface area contributed by atoms with E-state index in [1.54, 1.807) is 10.8 Å². The number of benzene rings is 1. The molecular weight excluding hydrogens is 472 g/mol. The van der Waals surface area contributed by atoms with Crippen LogP contribution in [0.3, 0.4) is 0 Å². The number of fused-ring (bicyclic) bond motifs is 1. The lowest BCUT2D eigenvalue weighted by molar-refractivity contribution is 0.167. The zero-order valence-corrected chi connectivity index (χ0v) is 21.5. The number of anilines is 1. The molecule has 1 atom stereocenters. The van der Waals surface area contributed by atoms with Crippen LogP contribution in [0.5, 0.6) is 0 Å². The van der Waals surface area contributed by atoms with Crippen LogP contribution in [-0.2, 0) is 32.5 Å². The van der Waals surface area contributed by atoms with E-state index in [2.05, 4.69) is 5.32 Å². The summed E-state index contributed by atoms with van der Waals surface area (Å²) in [6.45, 7) is 6.03. The van der Waals surface area contributed by atoms with Crippen LogP contribution in [-0.4, -0.2) is 43.0 Å². The highest BCUT2D eigenvalue weighted by molar-refractivity contribution is 5.71. The Hall–Kier alpha value is -3.63. The van der Waals surface area contributed by atoms with E-state index in [0.29, 0.717) is 81.1 Å². The number of nitrogens with two attached hydrogens (primary N) is 1. The molecule has 3 aromatic heterocycles. The summed E-state index contributed by atoms with van der Waals surface area (Å²) in [4.78, 5) is 31.9. The van der Waals surface area contributed by atoms with E-state index in [1.807, 2.05) is 54.8 Å². The summed E-state index contributed by atoms with van der Waals surface area (Å²) in [6, 6.07) is 11.2. The number of aliphatic hydroxyl groups excluding tert-OH is 1. The van der Waals surface area contributed by atoms with Crippen LogP contribution >= 0.6 is 0 Å².